The van der Waals surface area contributed by atoms with Gasteiger partial charge in [-0.1, -0.05) is 80.8 Å². The maximum Gasteiger partial charge on any atom is 0.488 e. The van der Waals surface area contributed by atoms with Crippen molar-refractivity contribution >= 4 is 24.6 Å². The summed E-state index contributed by atoms with van der Waals surface area (Å²) in [7, 11) is -1.53. The first-order chi connectivity index (χ1) is 12.7. The van der Waals surface area contributed by atoms with E-state index in [2.05, 4.69) is 6.58 Å². The first kappa shape index (κ1) is 21.8. The van der Waals surface area contributed by atoms with Gasteiger partial charge in [0.25, 0.3) is 0 Å². The SMILES string of the molecule is C=C1/C=C\C=C/CN(c2ccccc2)/C=C/C(B(O)O)=C\C=C\S1.CC. The Balaban J connectivity index is 0.00000163. The number of anilines is 1. The summed E-state index contributed by atoms with van der Waals surface area (Å²) in [4.78, 5) is 2.93. The largest absolute Gasteiger partial charge is 0.488 e. The highest BCUT2D eigenvalue weighted by atomic mass is 32.2. The molecule has 2 N–H and O–H groups in total. The predicted octanol–water partition coefficient (Wildman–Crippen LogP) is 4.86. The maximum atomic E-state index is 9.53. The molecule has 0 spiro atoms. The van der Waals surface area contributed by atoms with Crippen LogP contribution < -0.4 is 4.90 Å². The van der Waals surface area contributed by atoms with Crippen LogP contribution in [0.3, 0.4) is 0 Å². The van der Waals surface area contributed by atoms with Crippen molar-refractivity contribution in [2.75, 3.05) is 11.4 Å². The minimum Gasteiger partial charge on any atom is -0.423 e. The van der Waals surface area contributed by atoms with E-state index in [1.807, 2.05) is 85.0 Å². The molecule has 0 unspecified atom stereocenters. The molecular formula is C21H26BNO2S. The molecule has 0 aromatic heterocycles. The Morgan fingerprint density at radius 2 is 1.77 bits per heavy atom. The van der Waals surface area contributed by atoms with E-state index < -0.39 is 7.12 Å². The second kappa shape index (κ2) is 13.1. The minimum absolute atomic E-state index is 0.412. The lowest BCUT2D eigenvalue weighted by atomic mass is 9.79. The van der Waals surface area contributed by atoms with Gasteiger partial charge in [-0.2, -0.15) is 0 Å². The summed E-state index contributed by atoms with van der Waals surface area (Å²) in [5, 5.41) is 20.9. The van der Waals surface area contributed by atoms with Gasteiger partial charge in [0.05, 0.1) is 0 Å². The normalized spacial score (nSPS) is 21.9. The molecule has 5 heteroatoms. The highest BCUT2D eigenvalue weighted by Gasteiger charge is 2.11. The van der Waals surface area contributed by atoms with Gasteiger partial charge in [0.1, 0.15) is 0 Å². The molecule has 0 bridgehead atoms. The molecule has 0 fully saturated rings. The van der Waals surface area contributed by atoms with Gasteiger partial charge in [0.15, 0.2) is 0 Å². The highest BCUT2D eigenvalue weighted by molar-refractivity contribution is 8.06. The second-order valence-electron chi connectivity index (χ2n) is 5.04. The molecule has 0 aliphatic carbocycles. The fourth-order valence-corrected chi connectivity index (χ4v) is 2.50. The molecule has 0 saturated heterocycles. The molecule has 0 amide bonds. The quantitative estimate of drug-likeness (QED) is 0.733. The fourth-order valence-electron chi connectivity index (χ4n) is 2.01. The molecule has 136 valence electrons. The van der Waals surface area contributed by atoms with Crippen molar-refractivity contribution in [3.8, 4) is 0 Å². The molecule has 26 heavy (non-hydrogen) atoms. The summed E-state index contributed by atoms with van der Waals surface area (Å²) in [6.45, 7) is 8.61. The molecule has 1 aromatic rings. The van der Waals surface area contributed by atoms with Crippen LogP contribution in [0.4, 0.5) is 5.69 Å². The van der Waals surface area contributed by atoms with Crippen LogP contribution in [0.1, 0.15) is 13.8 Å². The van der Waals surface area contributed by atoms with Gasteiger partial charge in [-0.3, -0.25) is 0 Å². The van der Waals surface area contributed by atoms with E-state index in [-0.39, 0.29) is 0 Å². The van der Waals surface area contributed by atoms with E-state index >= 15 is 0 Å². The van der Waals surface area contributed by atoms with E-state index in [1.54, 1.807) is 18.2 Å². The van der Waals surface area contributed by atoms with Crippen molar-refractivity contribution in [1.82, 2.24) is 0 Å². The lowest BCUT2D eigenvalue weighted by Crippen LogP contribution is -2.18. The standard InChI is InChI=1S/C19H20BNO2S.C2H6/c1-17-9-4-3-7-14-21(19-11-5-2-6-12-19)15-13-18(20(22)23)10-8-16-24-17;1-2/h2-13,15-16,22-23H,1,14H2;1-2H3/b7-3-,9-4-,15-13+,16-8+,18-10+;. The van der Waals surface area contributed by atoms with Crippen LogP contribution in [0.25, 0.3) is 0 Å². The highest BCUT2D eigenvalue weighted by Crippen LogP contribution is 2.18. The fraction of sp³-hybridized carbons (Fsp3) is 0.143. The van der Waals surface area contributed by atoms with Gasteiger partial charge < -0.3 is 14.9 Å². The molecule has 0 atom stereocenters. The Labute approximate surface area is 161 Å². The summed E-state index contributed by atoms with van der Waals surface area (Å²) in [5.41, 5.74) is 1.44. The van der Waals surface area contributed by atoms with Crippen LogP contribution in [-0.4, -0.2) is 23.7 Å². The molecule has 1 heterocycles. The average molecular weight is 367 g/mol. The van der Waals surface area contributed by atoms with E-state index in [0.29, 0.717) is 12.0 Å². The summed E-state index contributed by atoms with van der Waals surface area (Å²) in [6, 6.07) is 9.93. The zero-order valence-corrected chi connectivity index (χ0v) is 16.1. The van der Waals surface area contributed by atoms with E-state index in [4.69, 9.17) is 0 Å². The summed E-state index contributed by atoms with van der Waals surface area (Å²) < 4.78 is 0. The molecule has 1 aromatic carbocycles. The Morgan fingerprint density at radius 1 is 1.04 bits per heavy atom. The smallest absolute Gasteiger partial charge is 0.423 e. The third-order valence-electron chi connectivity index (χ3n) is 3.25. The van der Waals surface area contributed by atoms with E-state index in [9.17, 15) is 10.0 Å². The Morgan fingerprint density at radius 3 is 2.46 bits per heavy atom. The van der Waals surface area contributed by atoms with Crippen molar-refractivity contribution in [2.24, 2.45) is 0 Å². The number of nitrogens with zero attached hydrogens (tertiary/aromatic N) is 1. The van der Waals surface area contributed by atoms with Gasteiger partial charge in [-0.15, -0.1) is 0 Å². The second-order valence-corrected chi connectivity index (χ2v) is 6.08. The predicted molar refractivity (Wildman–Crippen MR) is 117 cm³/mol. The Bertz CT molecular complexity index is 691. The van der Waals surface area contributed by atoms with Gasteiger partial charge in [-0.25, -0.2) is 0 Å². The Kier molecular flexibility index (Phi) is 11.0. The first-order valence-electron chi connectivity index (χ1n) is 8.58. The average Bonchev–Trinajstić information content (AvgIpc) is 2.67. The van der Waals surface area contributed by atoms with Crippen LogP contribution in [0.15, 0.2) is 101 Å². The summed E-state index contributed by atoms with van der Waals surface area (Å²) in [6.07, 6.45) is 14.9. The number of benzene rings is 1. The third-order valence-corrected chi connectivity index (χ3v) is 3.98. The molecule has 1 aliphatic heterocycles. The summed E-state index contributed by atoms with van der Waals surface area (Å²) in [5.74, 6) is 0. The van der Waals surface area contributed by atoms with Crippen LogP contribution >= 0.6 is 11.8 Å². The van der Waals surface area contributed by atoms with Crippen molar-refractivity contribution in [2.45, 2.75) is 13.8 Å². The number of hydrogen-bond donors (Lipinski definition) is 2. The van der Waals surface area contributed by atoms with E-state index in [1.165, 1.54) is 11.8 Å². The van der Waals surface area contributed by atoms with Gasteiger partial charge in [0, 0.05) is 23.3 Å². The van der Waals surface area contributed by atoms with Crippen molar-refractivity contribution in [3.05, 3.63) is 101 Å². The third kappa shape index (κ3) is 8.25. The van der Waals surface area contributed by atoms with Gasteiger partial charge in [0.2, 0.25) is 0 Å². The first-order valence-corrected chi connectivity index (χ1v) is 9.46. The maximum absolute atomic E-state index is 9.53. The topological polar surface area (TPSA) is 43.7 Å². The van der Waals surface area contributed by atoms with Crippen molar-refractivity contribution < 1.29 is 10.0 Å². The molecule has 0 saturated carbocycles. The molecule has 1 aliphatic rings. The van der Waals surface area contributed by atoms with Crippen molar-refractivity contribution in [3.63, 3.8) is 0 Å². The van der Waals surface area contributed by atoms with Crippen LogP contribution in [0, 0.1) is 0 Å². The van der Waals surface area contributed by atoms with Crippen LogP contribution in [0.2, 0.25) is 0 Å². The van der Waals surface area contributed by atoms with Gasteiger partial charge in [-0.05, 0) is 35.2 Å². The minimum atomic E-state index is -1.53. The number of rotatable bonds is 2. The number of para-hydroxylation sites is 1. The molecule has 2 rings (SSSR count). The number of hydrogen-bond acceptors (Lipinski definition) is 4. The number of thioether (sulfide) groups is 1. The molecular weight excluding hydrogens is 341 g/mol. The monoisotopic (exact) mass is 367 g/mol. The zero-order chi connectivity index (χ0) is 19.2. The molecule has 3 nitrogen and oxygen atoms in total. The summed E-state index contributed by atoms with van der Waals surface area (Å²) >= 11 is 1.48. The van der Waals surface area contributed by atoms with Crippen LogP contribution in [0.5, 0.6) is 0 Å². The van der Waals surface area contributed by atoms with Gasteiger partial charge >= 0.3 is 7.12 Å². The lowest BCUT2D eigenvalue weighted by molar-refractivity contribution is 0.420. The van der Waals surface area contributed by atoms with Crippen LogP contribution in [-0.2, 0) is 0 Å². The lowest BCUT2D eigenvalue weighted by Gasteiger charge is -2.19. The molecule has 0 radical (unpaired) electrons. The van der Waals surface area contributed by atoms with Crippen molar-refractivity contribution in [1.29, 1.82) is 0 Å². The number of allylic oxidation sites excluding steroid dienone is 7. The Hall–Kier alpha value is -2.21. The zero-order valence-electron chi connectivity index (χ0n) is 15.3. The van der Waals surface area contributed by atoms with E-state index in [0.717, 1.165) is 10.6 Å².